The van der Waals surface area contributed by atoms with E-state index in [1.165, 1.54) is 0 Å². The first-order valence-corrected chi connectivity index (χ1v) is 6.53. The summed E-state index contributed by atoms with van der Waals surface area (Å²) in [5.74, 6) is 7.28. The molecular formula is C15H15N5O. The van der Waals surface area contributed by atoms with Gasteiger partial charge in [-0.1, -0.05) is 35.5 Å². The van der Waals surface area contributed by atoms with Crippen LogP contribution in [-0.2, 0) is 0 Å². The van der Waals surface area contributed by atoms with E-state index in [2.05, 4.69) is 20.6 Å². The summed E-state index contributed by atoms with van der Waals surface area (Å²) in [5.41, 5.74) is 5.90. The van der Waals surface area contributed by atoms with Crippen LogP contribution in [0, 0.1) is 13.8 Å². The lowest BCUT2D eigenvalue weighted by molar-refractivity contribution is 0.393. The number of hydrogen-bond acceptors (Lipinski definition) is 6. The van der Waals surface area contributed by atoms with Gasteiger partial charge < -0.3 is 9.95 Å². The van der Waals surface area contributed by atoms with E-state index in [0.29, 0.717) is 17.4 Å². The molecule has 0 radical (unpaired) electrons. The molecule has 0 aliphatic rings. The molecule has 0 atom stereocenters. The molecule has 6 nitrogen and oxygen atoms in total. The third-order valence-corrected chi connectivity index (χ3v) is 3.20. The summed E-state index contributed by atoms with van der Waals surface area (Å²) in [6, 6.07) is 11.7. The van der Waals surface area contributed by atoms with Crippen molar-refractivity contribution in [1.29, 1.82) is 0 Å². The average Bonchev–Trinajstić information content (AvgIpc) is 2.86. The van der Waals surface area contributed by atoms with E-state index in [1.807, 2.05) is 44.2 Å². The Hall–Kier alpha value is -2.73. The standard InChI is InChI=1S/C15H15N5O/c1-9-14(10(2)21-20-9)15-17-12(8-13(18-15)19-16)11-6-4-3-5-7-11/h3-8H,16H2,1-2H3,(H,17,18,19). The zero-order valence-corrected chi connectivity index (χ0v) is 11.8. The van der Waals surface area contributed by atoms with Crippen molar-refractivity contribution in [3.8, 4) is 22.6 Å². The second-order valence-corrected chi connectivity index (χ2v) is 4.67. The molecule has 0 saturated heterocycles. The van der Waals surface area contributed by atoms with E-state index in [9.17, 15) is 0 Å². The fourth-order valence-corrected chi connectivity index (χ4v) is 2.19. The number of aromatic nitrogens is 3. The van der Waals surface area contributed by atoms with Gasteiger partial charge in [-0.25, -0.2) is 15.8 Å². The Bertz CT molecular complexity index is 747. The topological polar surface area (TPSA) is 89.9 Å². The molecule has 0 aliphatic heterocycles. The molecule has 2 heterocycles. The van der Waals surface area contributed by atoms with Gasteiger partial charge in [0.25, 0.3) is 0 Å². The number of nitrogens with zero attached hydrogens (tertiary/aromatic N) is 3. The molecule has 3 aromatic rings. The first kappa shape index (κ1) is 13.3. The van der Waals surface area contributed by atoms with Crippen LogP contribution >= 0.6 is 0 Å². The Labute approximate surface area is 122 Å². The van der Waals surface area contributed by atoms with E-state index in [-0.39, 0.29) is 0 Å². The summed E-state index contributed by atoms with van der Waals surface area (Å²) in [6.45, 7) is 3.70. The van der Waals surface area contributed by atoms with Gasteiger partial charge in [-0.15, -0.1) is 0 Å². The van der Waals surface area contributed by atoms with Crippen LogP contribution in [0.4, 0.5) is 5.82 Å². The van der Waals surface area contributed by atoms with Gasteiger partial charge in [0.1, 0.15) is 11.6 Å². The molecule has 0 unspecified atom stereocenters. The molecule has 0 fully saturated rings. The molecule has 0 aliphatic carbocycles. The van der Waals surface area contributed by atoms with Crippen molar-refractivity contribution < 1.29 is 4.52 Å². The van der Waals surface area contributed by atoms with E-state index in [1.54, 1.807) is 6.07 Å². The second kappa shape index (κ2) is 5.34. The molecule has 21 heavy (non-hydrogen) atoms. The predicted octanol–water partition coefficient (Wildman–Crippen LogP) is 2.70. The lowest BCUT2D eigenvalue weighted by Gasteiger charge is -2.07. The van der Waals surface area contributed by atoms with Crippen LogP contribution in [0.2, 0.25) is 0 Å². The summed E-state index contributed by atoms with van der Waals surface area (Å²) in [7, 11) is 0. The molecule has 0 saturated carbocycles. The highest BCUT2D eigenvalue weighted by atomic mass is 16.5. The average molecular weight is 281 g/mol. The highest BCUT2D eigenvalue weighted by molar-refractivity contribution is 5.68. The zero-order chi connectivity index (χ0) is 14.8. The van der Waals surface area contributed by atoms with Crippen LogP contribution in [0.25, 0.3) is 22.6 Å². The third-order valence-electron chi connectivity index (χ3n) is 3.20. The van der Waals surface area contributed by atoms with Crippen LogP contribution in [0.1, 0.15) is 11.5 Å². The lowest BCUT2D eigenvalue weighted by Crippen LogP contribution is -2.10. The summed E-state index contributed by atoms with van der Waals surface area (Å²) in [5, 5.41) is 3.94. The number of rotatable bonds is 3. The SMILES string of the molecule is Cc1noc(C)c1-c1nc(NN)cc(-c2ccccc2)n1. The Morgan fingerprint density at radius 3 is 2.48 bits per heavy atom. The Kier molecular flexibility index (Phi) is 3.37. The van der Waals surface area contributed by atoms with E-state index < -0.39 is 0 Å². The van der Waals surface area contributed by atoms with Crippen molar-refractivity contribution in [3.05, 3.63) is 47.9 Å². The normalized spacial score (nSPS) is 10.6. The van der Waals surface area contributed by atoms with Crippen molar-refractivity contribution >= 4 is 5.82 Å². The third kappa shape index (κ3) is 2.48. The van der Waals surface area contributed by atoms with Crippen LogP contribution in [-0.4, -0.2) is 15.1 Å². The maximum Gasteiger partial charge on any atom is 0.167 e. The number of nitrogens with one attached hydrogen (secondary N) is 1. The number of benzene rings is 1. The van der Waals surface area contributed by atoms with Crippen molar-refractivity contribution in [2.75, 3.05) is 5.43 Å². The minimum atomic E-state index is 0.541. The highest BCUT2D eigenvalue weighted by Crippen LogP contribution is 2.27. The highest BCUT2D eigenvalue weighted by Gasteiger charge is 2.16. The molecule has 3 rings (SSSR count). The Morgan fingerprint density at radius 1 is 1.10 bits per heavy atom. The van der Waals surface area contributed by atoms with Gasteiger partial charge in [0.2, 0.25) is 0 Å². The second-order valence-electron chi connectivity index (χ2n) is 4.67. The van der Waals surface area contributed by atoms with Crippen LogP contribution in [0.15, 0.2) is 40.9 Å². The van der Waals surface area contributed by atoms with Gasteiger partial charge in [-0.05, 0) is 13.8 Å². The van der Waals surface area contributed by atoms with Crippen LogP contribution < -0.4 is 11.3 Å². The maximum atomic E-state index is 5.52. The molecule has 2 aromatic heterocycles. The van der Waals surface area contributed by atoms with Crippen molar-refractivity contribution in [3.63, 3.8) is 0 Å². The summed E-state index contributed by atoms with van der Waals surface area (Å²) >= 11 is 0. The van der Waals surface area contributed by atoms with E-state index in [0.717, 1.165) is 22.5 Å². The summed E-state index contributed by atoms with van der Waals surface area (Å²) < 4.78 is 5.19. The largest absolute Gasteiger partial charge is 0.361 e. The fourth-order valence-electron chi connectivity index (χ4n) is 2.19. The van der Waals surface area contributed by atoms with Crippen LogP contribution in [0.5, 0.6) is 0 Å². The zero-order valence-electron chi connectivity index (χ0n) is 11.8. The van der Waals surface area contributed by atoms with Gasteiger partial charge in [0.15, 0.2) is 5.82 Å². The smallest absolute Gasteiger partial charge is 0.167 e. The molecule has 0 spiro atoms. The number of nitrogen functional groups attached to an aromatic ring is 1. The molecule has 1 aromatic carbocycles. The Morgan fingerprint density at radius 2 is 1.86 bits per heavy atom. The van der Waals surface area contributed by atoms with Crippen molar-refractivity contribution in [1.82, 2.24) is 15.1 Å². The number of anilines is 1. The molecule has 0 bridgehead atoms. The maximum absolute atomic E-state index is 5.52. The van der Waals surface area contributed by atoms with Gasteiger partial charge in [-0.3, -0.25) is 0 Å². The van der Waals surface area contributed by atoms with Gasteiger partial charge in [0.05, 0.1) is 17.0 Å². The van der Waals surface area contributed by atoms with Gasteiger partial charge >= 0.3 is 0 Å². The molecular weight excluding hydrogens is 266 g/mol. The number of nitrogens with two attached hydrogens (primary N) is 1. The molecule has 106 valence electrons. The predicted molar refractivity (Wildman–Crippen MR) is 80.2 cm³/mol. The van der Waals surface area contributed by atoms with Crippen molar-refractivity contribution in [2.24, 2.45) is 5.84 Å². The number of hydrazine groups is 1. The fraction of sp³-hybridized carbons (Fsp3) is 0.133. The van der Waals surface area contributed by atoms with Gasteiger partial charge in [0, 0.05) is 11.6 Å². The summed E-state index contributed by atoms with van der Waals surface area (Å²) in [4.78, 5) is 9.00. The van der Waals surface area contributed by atoms with Crippen LogP contribution in [0.3, 0.4) is 0 Å². The molecule has 6 heteroatoms. The first-order valence-electron chi connectivity index (χ1n) is 6.53. The summed E-state index contributed by atoms with van der Waals surface area (Å²) in [6.07, 6.45) is 0. The number of aryl methyl sites for hydroxylation is 2. The monoisotopic (exact) mass is 281 g/mol. The quantitative estimate of drug-likeness (QED) is 0.566. The van der Waals surface area contributed by atoms with E-state index in [4.69, 9.17) is 10.4 Å². The lowest BCUT2D eigenvalue weighted by atomic mass is 10.1. The Balaban J connectivity index is 2.19. The minimum absolute atomic E-state index is 0.541. The minimum Gasteiger partial charge on any atom is -0.361 e. The first-order chi connectivity index (χ1) is 10.2. The van der Waals surface area contributed by atoms with E-state index >= 15 is 0 Å². The van der Waals surface area contributed by atoms with Crippen molar-refractivity contribution in [2.45, 2.75) is 13.8 Å². The molecule has 0 amide bonds. The molecule has 3 N–H and O–H groups in total. The van der Waals surface area contributed by atoms with Gasteiger partial charge in [-0.2, -0.15) is 0 Å². The number of hydrogen-bond donors (Lipinski definition) is 2.